The van der Waals surface area contributed by atoms with E-state index >= 15 is 0 Å². The number of benzene rings is 2. The van der Waals surface area contributed by atoms with Crippen LogP contribution in [-0.2, 0) is 14.3 Å². The molecule has 40 heavy (non-hydrogen) atoms. The number of phenolic OH excluding ortho intramolecular Hbond substituents is 1. The van der Waals surface area contributed by atoms with Crippen molar-refractivity contribution in [1.29, 1.82) is 0 Å². The van der Waals surface area contributed by atoms with E-state index in [-0.39, 0.29) is 38.1 Å². The van der Waals surface area contributed by atoms with Gasteiger partial charge in [0.1, 0.15) is 11.4 Å². The lowest BCUT2D eigenvalue weighted by molar-refractivity contribution is -0.168. The predicted molar refractivity (Wildman–Crippen MR) is 144 cm³/mol. The molecular formula is C30H33ClF2N2O5. The molecule has 1 saturated carbocycles. The number of esters is 1. The minimum absolute atomic E-state index is 0.0369. The van der Waals surface area contributed by atoms with Gasteiger partial charge in [-0.1, -0.05) is 23.7 Å². The van der Waals surface area contributed by atoms with Crippen LogP contribution in [-0.4, -0.2) is 65.5 Å². The second-order valence-corrected chi connectivity index (χ2v) is 11.7. The lowest BCUT2D eigenvalue weighted by atomic mass is 9.64. The smallest absolute Gasteiger partial charge is 0.311 e. The zero-order valence-corrected chi connectivity index (χ0v) is 23.1. The van der Waals surface area contributed by atoms with Crippen molar-refractivity contribution in [3.8, 4) is 5.75 Å². The molecule has 0 bridgehead atoms. The van der Waals surface area contributed by atoms with Crippen LogP contribution in [0.3, 0.4) is 0 Å². The molecule has 3 aliphatic rings. The Balaban J connectivity index is 1.24. The van der Waals surface area contributed by atoms with Gasteiger partial charge in [0.05, 0.1) is 12.5 Å². The SMILES string of the molecule is CCOC(=O)C1CN(C(=O)C2CCC(c3ccc(Cl)cc3)CC2)CCC12CN(C(=O)c1c(F)ccc(O)c1F)C2. The fourth-order valence-electron chi connectivity index (χ4n) is 6.60. The third-order valence-electron chi connectivity index (χ3n) is 8.91. The van der Waals surface area contributed by atoms with Crippen LogP contribution < -0.4 is 0 Å². The van der Waals surface area contributed by atoms with Crippen molar-refractivity contribution in [3.63, 3.8) is 0 Å². The zero-order chi connectivity index (χ0) is 28.6. The molecule has 7 nitrogen and oxygen atoms in total. The average molecular weight is 575 g/mol. The zero-order valence-electron chi connectivity index (χ0n) is 22.4. The van der Waals surface area contributed by atoms with Crippen LogP contribution in [0.1, 0.15) is 60.9 Å². The molecule has 214 valence electrons. The Bertz CT molecular complexity index is 1290. The highest BCUT2D eigenvalue weighted by Crippen LogP contribution is 2.47. The summed E-state index contributed by atoms with van der Waals surface area (Å²) in [6.45, 7) is 2.72. The number of hydrogen-bond donors (Lipinski definition) is 1. The maximum Gasteiger partial charge on any atom is 0.311 e. The van der Waals surface area contributed by atoms with Crippen molar-refractivity contribution in [2.75, 3.05) is 32.8 Å². The predicted octanol–water partition coefficient (Wildman–Crippen LogP) is 5.15. The van der Waals surface area contributed by atoms with Crippen LogP contribution in [0.5, 0.6) is 5.75 Å². The summed E-state index contributed by atoms with van der Waals surface area (Å²) in [6.07, 6.45) is 3.80. The van der Waals surface area contributed by atoms with E-state index in [1.54, 1.807) is 11.8 Å². The van der Waals surface area contributed by atoms with E-state index in [2.05, 4.69) is 0 Å². The van der Waals surface area contributed by atoms with Crippen LogP contribution in [0.4, 0.5) is 8.78 Å². The Morgan fingerprint density at radius 3 is 2.35 bits per heavy atom. The van der Waals surface area contributed by atoms with Gasteiger partial charge in [-0.15, -0.1) is 0 Å². The Morgan fingerprint density at radius 1 is 1.02 bits per heavy atom. The van der Waals surface area contributed by atoms with Gasteiger partial charge in [0.15, 0.2) is 11.6 Å². The second kappa shape index (κ2) is 11.4. The van der Waals surface area contributed by atoms with E-state index in [1.165, 1.54) is 10.5 Å². The van der Waals surface area contributed by atoms with Crippen LogP contribution >= 0.6 is 11.6 Å². The highest BCUT2D eigenvalue weighted by molar-refractivity contribution is 6.30. The summed E-state index contributed by atoms with van der Waals surface area (Å²) in [6, 6.07) is 9.55. The van der Waals surface area contributed by atoms with Crippen LogP contribution in [0, 0.1) is 28.9 Å². The molecule has 2 aromatic rings. The van der Waals surface area contributed by atoms with Gasteiger partial charge < -0.3 is 19.6 Å². The van der Waals surface area contributed by atoms with Crippen molar-refractivity contribution in [1.82, 2.24) is 9.80 Å². The molecule has 1 aliphatic carbocycles. The molecule has 1 spiro atoms. The van der Waals surface area contributed by atoms with E-state index in [1.807, 2.05) is 24.3 Å². The fraction of sp³-hybridized carbons (Fsp3) is 0.500. The third-order valence-corrected chi connectivity index (χ3v) is 9.16. The Labute approximate surface area is 237 Å². The molecule has 0 radical (unpaired) electrons. The van der Waals surface area contributed by atoms with Gasteiger partial charge in [-0.05, 0) is 74.8 Å². The molecule has 1 N–H and O–H groups in total. The van der Waals surface area contributed by atoms with Crippen molar-refractivity contribution >= 4 is 29.4 Å². The summed E-state index contributed by atoms with van der Waals surface area (Å²) in [7, 11) is 0. The summed E-state index contributed by atoms with van der Waals surface area (Å²) in [5, 5.41) is 10.3. The first-order valence-corrected chi connectivity index (χ1v) is 14.2. The molecule has 0 aromatic heterocycles. The molecule has 1 atom stereocenters. The number of aromatic hydroxyl groups is 1. The lowest BCUT2D eigenvalue weighted by Gasteiger charge is -2.57. The maximum absolute atomic E-state index is 14.4. The minimum atomic E-state index is -1.31. The van der Waals surface area contributed by atoms with Crippen molar-refractivity contribution in [2.45, 2.75) is 44.9 Å². The molecule has 2 aromatic carbocycles. The molecule has 5 rings (SSSR count). The summed E-state index contributed by atoms with van der Waals surface area (Å²) >= 11 is 6.02. The van der Waals surface area contributed by atoms with Crippen LogP contribution in [0.25, 0.3) is 0 Å². The van der Waals surface area contributed by atoms with Gasteiger partial charge >= 0.3 is 5.97 Å². The molecular weight excluding hydrogens is 542 g/mol. The molecule has 2 amide bonds. The number of phenols is 1. The average Bonchev–Trinajstić information content (AvgIpc) is 2.94. The lowest BCUT2D eigenvalue weighted by Crippen LogP contribution is -2.68. The van der Waals surface area contributed by atoms with E-state index < -0.39 is 46.2 Å². The van der Waals surface area contributed by atoms with E-state index in [0.29, 0.717) is 23.9 Å². The Morgan fingerprint density at radius 2 is 1.70 bits per heavy atom. The van der Waals surface area contributed by atoms with E-state index in [4.69, 9.17) is 16.3 Å². The van der Waals surface area contributed by atoms with Crippen molar-refractivity contribution < 1.29 is 33.0 Å². The first-order valence-electron chi connectivity index (χ1n) is 13.8. The second-order valence-electron chi connectivity index (χ2n) is 11.2. The number of carbonyl (C=O) groups excluding carboxylic acids is 3. The van der Waals surface area contributed by atoms with Crippen LogP contribution in [0.15, 0.2) is 36.4 Å². The molecule has 2 aliphatic heterocycles. The number of rotatable bonds is 5. The monoisotopic (exact) mass is 574 g/mol. The Hall–Kier alpha value is -3.20. The van der Waals surface area contributed by atoms with E-state index in [9.17, 15) is 28.3 Å². The number of carbonyl (C=O) groups is 3. The largest absolute Gasteiger partial charge is 0.505 e. The highest BCUT2D eigenvalue weighted by atomic mass is 35.5. The quantitative estimate of drug-likeness (QED) is 0.499. The molecule has 10 heteroatoms. The van der Waals surface area contributed by atoms with Crippen molar-refractivity contribution in [3.05, 3.63) is 64.2 Å². The summed E-state index contributed by atoms with van der Waals surface area (Å²) in [5.41, 5.74) is -0.231. The van der Waals surface area contributed by atoms with Gasteiger partial charge in [-0.3, -0.25) is 14.4 Å². The first kappa shape index (κ1) is 28.3. The normalized spacial score (nSPS) is 23.9. The number of nitrogens with zero attached hydrogens (tertiary/aromatic N) is 2. The van der Waals surface area contributed by atoms with Crippen LogP contribution in [0.2, 0.25) is 5.02 Å². The third kappa shape index (κ3) is 5.28. The topological polar surface area (TPSA) is 87.2 Å². The van der Waals surface area contributed by atoms with E-state index in [0.717, 1.165) is 37.8 Å². The van der Waals surface area contributed by atoms with Gasteiger partial charge in [0.2, 0.25) is 5.91 Å². The number of amides is 2. The van der Waals surface area contributed by atoms with Gasteiger partial charge in [-0.25, -0.2) is 8.78 Å². The Kier molecular flexibility index (Phi) is 8.04. The molecule has 3 fully saturated rings. The highest BCUT2D eigenvalue weighted by Gasteiger charge is 2.57. The number of piperidine rings is 1. The number of ether oxygens (including phenoxy) is 1. The standard InChI is InChI=1S/C30H33ClF2N2O5/c1-2-40-29(39)22-15-34(27(37)20-5-3-18(4-6-20)19-7-9-21(31)10-8-19)14-13-30(22)16-35(17-30)28(38)25-23(32)11-12-24(36)26(25)33/h7-12,18,20,22,36H,2-6,13-17H2,1H3. The summed E-state index contributed by atoms with van der Waals surface area (Å²) in [4.78, 5) is 42.5. The summed E-state index contributed by atoms with van der Waals surface area (Å²) in [5.74, 6) is -4.84. The molecule has 1 unspecified atom stereocenters. The van der Waals surface area contributed by atoms with Gasteiger partial charge in [0, 0.05) is 42.5 Å². The first-order chi connectivity index (χ1) is 19.1. The van der Waals surface area contributed by atoms with Gasteiger partial charge in [0.25, 0.3) is 5.91 Å². The summed E-state index contributed by atoms with van der Waals surface area (Å²) < 4.78 is 34.0. The van der Waals surface area contributed by atoms with Gasteiger partial charge in [-0.2, -0.15) is 0 Å². The molecule has 2 heterocycles. The number of halogens is 3. The number of hydrogen-bond acceptors (Lipinski definition) is 5. The van der Waals surface area contributed by atoms with Crippen molar-refractivity contribution in [2.24, 2.45) is 17.3 Å². The minimum Gasteiger partial charge on any atom is -0.505 e. The maximum atomic E-state index is 14.4. The molecule has 2 saturated heterocycles. The number of likely N-dealkylation sites (tertiary alicyclic amines) is 2. The fourth-order valence-corrected chi connectivity index (χ4v) is 6.73.